The highest BCUT2D eigenvalue weighted by Gasteiger charge is 2.21. The summed E-state index contributed by atoms with van der Waals surface area (Å²) >= 11 is 1.83. The predicted octanol–water partition coefficient (Wildman–Crippen LogP) is 2.23. The number of thiophene rings is 1. The van der Waals surface area contributed by atoms with E-state index in [2.05, 4.69) is 22.4 Å². The summed E-state index contributed by atoms with van der Waals surface area (Å²) in [6.07, 6.45) is 4.06. The van der Waals surface area contributed by atoms with E-state index in [1.54, 1.807) is 0 Å². The summed E-state index contributed by atoms with van der Waals surface area (Å²) in [5.41, 5.74) is 5.86. The summed E-state index contributed by atoms with van der Waals surface area (Å²) in [7, 11) is 0. The molecule has 14 heavy (non-hydrogen) atoms. The van der Waals surface area contributed by atoms with Gasteiger partial charge in [0.25, 0.3) is 0 Å². The van der Waals surface area contributed by atoms with Gasteiger partial charge in [-0.2, -0.15) is 0 Å². The van der Waals surface area contributed by atoms with Gasteiger partial charge in [0.15, 0.2) is 0 Å². The number of likely N-dealkylation sites (tertiary alicyclic amines) is 1. The van der Waals surface area contributed by atoms with Crippen molar-refractivity contribution in [3.63, 3.8) is 0 Å². The van der Waals surface area contributed by atoms with Gasteiger partial charge in [-0.05, 0) is 37.4 Å². The van der Waals surface area contributed by atoms with E-state index in [9.17, 15) is 0 Å². The Labute approximate surface area is 89.7 Å². The van der Waals surface area contributed by atoms with E-state index in [-0.39, 0.29) is 0 Å². The van der Waals surface area contributed by atoms with Crippen molar-refractivity contribution in [3.05, 3.63) is 22.4 Å². The largest absolute Gasteiger partial charge is 0.329 e. The molecule has 0 bridgehead atoms. The van der Waals surface area contributed by atoms with Crippen LogP contribution in [0.15, 0.2) is 17.5 Å². The molecule has 1 fully saturated rings. The van der Waals surface area contributed by atoms with Crippen molar-refractivity contribution in [2.45, 2.75) is 25.3 Å². The quantitative estimate of drug-likeness (QED) is 0.829. The van der Waals surface area contributed by atoms with E-state index < -0.39 is 0 Å². The van der Waals surface area contributed by atoms with Gasteiger partial charge in [-0.25, -0.2) is 0 Å². The second-order valence-electron chi connectivity index (χ2n) is 3.86. The van der Waals surface area contributed by atoms with E-state index in [1.165, 1.54) is 37.2 Å². The highest BCUT2D eigenvalue weighted by atomic mass is 32.1. The lowest BCUT2D eigenvalue weighted by atomic mass is 10.1. The zero-order chi connectivity index (χ0) is 9.80. The molecule has 3 heteroatoms. The van der Waals surface area contributed by atoms with Crippen LogP contribution in [0.4, 0.5) is 0 Å². The molecule has 0 spiro atoms. The minimum absolute atomic E-state index is 0.468. The molecule has 1 unspecified atom stereocenters. The number of piperidine rings is 1. The average Bonchev–Trinajstić information content (AvgIpc) is 2.74. The first-order chi connectivity index (χ1) is 6.92. The zero-order valence-corrected chi connectivity index (χ0v) is 9.30. The minimum Gasteiger partial charge on any atom is -0.329 e. The lowest BCUT2D eigenvalue weighted by Crippen LogP contribution is -2.37. The summed E-state index contributed by atoms with van der Waals surface area (Å²) in [4.78, 5) is 3.96. The van der Waals surface area contributed by atoms with Gasteiger partial charge in [-0.1, -0.05) is 12.5 Å². The van der Waals surface area contributed by atoms with E-state index >= 15 is 0 Å². The third-order valence-corrected chi connectivity index (χ3v) is 3.90. The first kappa shape index (κ1) is 10.1. The van der Waals surface area contributed by atoms with Crippen molar-refractivity contribution in [3.8, 4) is 0 Å². The lowest BCUT2D eigenvalue weighted by Gasteiger charge is -2.33. The monoisotopic (exact) mass is 210 g/mol. The van der Waals surface area contributed by atoms with Crippen molar-refractivity contribution in [1.82, 2.24) is 4.90 Å². The smallest absolute Gasteiger partial charge is 0.0564 e. The topological polar surface area (TPSA) is 29.3 Å². The van der Waals surface area contributed by atoms with Crippen molar-refractivity contribution in [2.24, 2.45) is 5.73 Å². The van der Waals surface area contributed by atoms with Crippen molar-refractivity contribution < 1.29 is 0 Å². The first-order valence-corrected chi connectivity index (χ1v) is 6.27. The number of hydrogen-bond donors (Lipinski definition) is 1. The van der Waals surface area contributed by atoms with Gasteiger partial charge in [-0.15, -0.1) is 11.3 Å². The number of nitrogens with zero attached hydrogens (tertiary/aromatic N) is 1. The molecule has 1 aromatic rings. The Bertz CT molecular complexity index is 252. The summed E-state index contributed by atoms with van der Waals surface area (Å²) in [6, 6.07) is 4.79. The number of rotatable bonds is 3. The fourth-order valence-electron chi connectivity index (χ4n) is 2.16. The minimum atomic E-state index is 0.468. The summed E-state index contributed by atoms with van der Waals surface area (Å²) < 4.78 is 0. The molecule has 2 rings (SSSR count). The maximum Gasteiger partial charge on any atom is 0.0564 e. The van der Waals surface area contributed by atoms with E-state index in [0.29, 0.717) is 6.04 Å². The molecule has 1 aliphatic rings. The van der Waals surface area contributed by atoms with Crippen LogP contribution in [0.1, 0.15) is 30.2 Å². The average molecular weight is 210 g/mol. The molecule has 1 aliphatic heterocycles. The van der Waals surface area contributed by atoms with Crippen LogP contribution in [0, 0.1) is 0 Å². The van der Waals surface area contributed by atoms with Crippen LogP contribution >= 0.6 is 11.3 Å². The Balaban J connectivity index is 2.04. The third kappa shape index (κ3) is 2.16. The maximum absolute atomic E-state index is 5.86. The molecular formula is C11H18N2S. The molecule has 2 heterocycles. The standard InChI is InChI=1S/C11H18N2S/c12-9-10(11-5-4-8-14-11)13-6-2-1-3-7-13/h4-5,8,10H,1-3,6-7,9,12H2. The Kier molecular flexibility index (Phi) is 3.56. The molecule has 2 N–H and O–H groups in total. The Morgan fingerprint density at radius 3 is 2.71 bits per heavy atom. The molecule has 0 saturated carbocycles. The molecule has 1 aromatic heterocycles. The summed E-state index contributed by atoms with van der Waals surface area (Å²) in [6.45, 7) is 3.19. The maximum atomic E-state index is 5.86. The van der Waals surface area contributed by atoms with Gasteiger partial charge in [0.05, 0.1) is 6.04 Å². The highest BCUT2D eigenvalue weighted by Crippen LogP contribution is 2.26. The molecule has 1 atom stereocenters. The Hall–Kier alpha value is -0.380. The lowest BCUT2D eigenvalue weighted by molar-refractivity contribution is 0.170. The normalized spacial score (nSPS) is 20.9. The molecule has 0 aliphatic carbocycles. The Morgan fingerprint density at radius 1 is 1.36 bits per heavy atom. The van der Waals surface area contributed by atoms with Crippen molar-refractivity contribution >= 4 is 11.3 Å². The molecule has 2 nitrogen and oxygen atoms in total. The second kappa shape index (κ2) is 4.91. The van der Waals surface area contributed by atoms with E-state index in [4.69, 9.17) is 5.73 Å². The number of hydrogen-bond acceptors (Lipinski definition) is 3. The van der Waals surface area contributed by atoms with E-state index in [1.807, 2.05) is 11.3 Å². The molecule has 1 saturated heterocycles. The van der Waals surface area contributed by atoms with Gasteiger partial charge in [0, 0.05) is 11.4 Å². The molecule has 0 radical (unpaired) electrons. The van der Waals surface area contributed by atoms with Crippen LogP contribution in [0.2, 0.25) is 0 Å². The van der Waals surface area contributed by atoms with Crippen LogP contribution < -0.4 is 5.73 Å². The van der Waals surface area contributed by atoms with Crippen molar-refractivity contribution in [2.75, 3.05) is 19.6 Å². The van der Waals surface area contributed by atoms with Gasteiger partial charge in [0.1, 0.15) is 0 Å². The second-order valence-corrected chi connectivity index (χ2v) is 4.84. The predicted molar refractivity (Wildman–Crippen MR) is 61.5 cm³/mol. The van der Waals surface area contributed by atoms with Gasteiger partial charge in [-0.3, -0.25) is 4.90 Å². The van der Waals surface area contributed by atoms with E-state index in [0.717, 1.165) is 6.54 Å². The van der Waals surface area contributed by atoms with Gasteiger partial charge in [0.2, 0.25) is 0 Å². The summed E-state index contributed by atoms with van der Waals surface area (Å²) in [5.74, 6) is 0. The van der Waals surface area contributed by atoms with Crippen LogP contribution in [-0.2, 0) is 0 Å². The molecule has 78 valence electrons. The molecule has 0 aromatic carbocycles. The first-order valence-electron chi connectivity index (χ1n) is 5.39. The fraction of sp³-hybridized carbons (Fsp3) is 0.636. The summed E-state index contributed by atoms with van der Waals surface area (Å²) in [5, 5.41) is 2.14. The van der Waals surface area contributed by atoms with Crippen LogP contribution in [0.5, 0.6) is 0 Å². The SMILES string of the molecule is NCC(c1cccs1)N1CCCCC1. The van der Waals surface area contributed by atoms with Crippen LogP contribution in [0.25, 0.3) is 0 Å². The van der Waals surface area contributed by atoms with Gasteiger partial charge < -0.3 is 5.73 Å². The highest BCUT2D eigenvalue weighted by molar-refractivity contribution is 7.10. The Morgan fingerprint density at radius 2 is 2.14 bits per heavy atom. The molecule has 0 amide bonds. The van der Waals surface area contributed by atoms with Crippen LogP contribution in [0.3, 0.4) is 0 Å². The third-order valence-electron chi connectivity index (χ3n) is 2.93. The fourth-order valence-corrected chi connectivity index (χ4v) is 3.03. The number of nitrogens with two attached hydrogens (primary N) is 1. The van der Waals surface area contributed by atoms with Crippen molar-refractivity contribution in [1.29, 1.82) is 0 Å². The zero-order valence-electron chi connectivity index (χ0n) is 8.48. The van der Waals surface area contributed by atoms with Crippen LogP contribution in [-0.4, -0.2) is 24.5 Å². The van der Waals surface area contributed by atoms with Gasteiger partial charge >= 0.3 is 0 Å². The molecular weight excluding hydrogens is 192 g/mol.